The fraction of sp³-hybridized carbons (Fsp3) is 0.111. The number of para-hydroxylation sites is 1. The van der Waals surface area contributed by atoms with Crippen LogP contribution in [-0.2, 0) is 0 Å². The van der Waals surface area contributed by atoms with E-state index in [4.69, 9.17) is 16.3 Å². The van der Waals surface area contributed by atoms with Crippen LogP contribution in [-0.4, -0.2) is 29.0 Å². The summed E-state index contributed by atoms with van der Waals surface area (Å²) in [6.07, 6.45) is 1.68. The first-order chi connectivity index (χ1) is 12.6. The number of benzene rings is 2. The lowest BCUT2D eigenvalue weighted by Crippen LogP contribution is -2.28. The molecule has 26 heavy (non-hydrogen) atoms. The molecule has 0 aliphatic heterocycles. The van der Waals surface area contributed by atoms with Crippen LogP contribution in [0.25, 0.3) is 10.9 Å². The topological polar surface area (TPSA) is 94.4 Å². The maximum absolute atomic E-state index is 12.1. The molecule has 0 bridgehead atoms. The lowest BCUT2D eigenvalue weighted by Gasteiger charge is -2.09. The number of hydrogen-bond acceptors (Lipinski definition) is 5. The van der Waals surface area contributed by atoms with Crippen molar-refractivity contribution in [3.05, 3.63) is 75.4 Å². The maximum Gasteiger partial charge on any atom is 0.288 e. The summed E-state index contributed by atoms with van der Waals surface area (Å²) < 4.78 is 5.68. The minimum absolute atomic E-state index is 0.0154. The second-order valence-corrected chi connectivity index (χ2v) is 5.77. The second-order valence-electron chi connectivity index (χ2n) is 5.36. The van der Waals surface area contributed by atoms with Gasteiger partial charge in [0, 0.05) is 23.2 Å². The molecule has 1 aromatic heterocycles. The number of halogens is 1. The van der Waals surface area contributed by atoms with Gasteiger partial charge in [0.1, 0.15) is 22.9 Å². The van der Waals surface area contributed by atoms with Crippen LogP contribution in [0.15, 0.2) is 54.7 Å². The number of nitrogens with zero attached hydrogens (tertiary/aromatic N) is 2. The van der Waals surface area contributed by atoms with Crippen molar-refractivity contribution in [2.45, 2.75) is 0 Å². The summed E-state index contributed by atoms with van der Waals surface area (Å²) in [5, 5.41) is 14.5. The molecule has 2 aromatic carbocycles. The Morgan fingerprint density at radius 1 is 1.23 bits per heavy atom. The summed E-state index contributed by atoms with van der Waals surface area (Å²) >= 11 is 5.74. The monoisotopic (exact) mass is 371 g/mol. The quantitative estimate of drug-likeness (QED) is 0.406. The SMILES string of the molecule is O=C(NCCOc1cccc2cccnc12)c1ccc(Cl)c([N+](=O)[O-])c1. The number of nitro benzene ring substituents is 1. The third kappa shape index (κ3) is 3.89. The number of carbonyl (C=O) groups excluding carboxylic acids is 1. The van der Waals surface area contributed by atoms with Crippen LogP contribution in [0, 0.1) is 10.1 Å². The Morgan fingerprint density at radius 2 is 2.04 bits per heavy atom. The Labute approximate surface area is 153 Å². The highest BCUT2D eigenvalue weighted by atomic mass is 35.5. The number of amides is 1. The van der Waals surface area contributed by atoms with Crippen molar-refractivity contribution >= 4 is 34.1 Å². The van der Waals surface area contributed by atoms with Gasteiger partial charge >= 0.3 is 0 Å². The minimum atomic E-state index is -0.629. The van der Waals surface area contributed by atoms with E-state index < -0.39 is 10.8 Å². The number of rotatable bonds is 6. The minimum Gasteiger partial charge on any atom is -0.489 e. The van der Waals surface area contributed by atoms with E-state index >= 15 is 0 Å². The zero-order valence-corrected chi connectivity index (χ0v) is 14.3. The van der Waals surface area contributed by atoms with Crippen molar-refractivity contribution in [3.8, 4) is 5.75 Å². The van der Waals surface area contributed by atoms with Gasteiger partial charge in [0.25, 0.3) is 11.6 Å². The van der Waals surface area contributed by atoms with Crippen LogP contribution in [0.4, 0.5) is 5.69 Å². The van der Waals surface area contributed by atoms with Crippen molar-refractivity contribution in [1.29, 1.82) is 0 Å². The van der Waals surface area contributed by atoms with Crippen molar-refractivity contribution in [1.82, 2.24) is 10.3 Å². The first-order valence-corrected chi connectivity index (χ1v) is 8.13. The number of fused-ring (bicyclic) bond motifs is 1. The number of nitro groups is 1. The molecular weight excluding hydrogens is 358 g/mol. The van der Waals surface area contributed by atoms with Gasteiger partial charge < -0.3 is 10.1 Å². The summed E-state index contributed by atoms with van der Waals surface area (Å²) in [5.74, 6) is 0.184. The predicted molar refractivity (Wildman–Crippen MR) is 97.7 cm³/mol. The largest absolute Gasteiger partial charge is 0.489 e. The Bertz CT molecular complexity index is 972. The Kier molecular flexibility index (Phi) is 5.28. The van der Waals surface area contributed by atoms with E-state index in [2.05, 4.69) is 10.3 Å². The number of ether oxygens (including phenoxy) is 1. The summed E-state index contributed by atoms with van der Waals surface area (Å²) in [5.41, 5.74) is 0.597. The van der Waals surface area contributed by atoms with Crippen molar-refractivity contribution in [2.75, 3.05) is 13.2 Å². The molecule has 0 aliphatic carbocycles. The zero-order chi connectivity index (χ0) is 18.5. The zero-order valence-electron chi connectivity index (χ0n) is 13.5. The van der Waals surface area contributed by atoms with E-state index in [1.54, 1.807) is 12.3 Å². The van der Waals surface area contributed by atoms with Crippen LogP contribution in [0.3, 0.4) is 0 Å². The third-order valence-electron chi connectivity index (χ3n) is 3.65. The number of hydrogen-bond donors (Lipinski definition) is 1. The smallest absolute Gasteiger partial charge is 0.288 e. The van der Waals surface area contributed by atoms with Gasteiger partial charge in [-0.25, -0.2) is 0 Å². The van der Waals surface area contributed by atoms with Gasteiger partial charge in [-0.1, -0.05) is 29.8 Å². The summed E-state index contributed by atoms with van der Waals surface area (Å²) in [4.78, 5) is 26.7. The van der Waals surface area contributed by atoms with Crippen LogP contribution in [0.5, 0.6) is 5.75 Å². The molecule has 3 aromatic rings. The molecule has 1 amide bonds. The van der Waals surface area contributed by atoms with E-state index in [0.29, 0.717) is 5.75 Å². The van der Waals surface area contributed by atoms with Gasteiger partial charge in [0.05, 0.1) is 11.5 Å². The van der Waals surface area contributed by atoms with Crippen LogP contribution >= 0.6 is 11.6 Å². The molecule has 0 spiro atoms. The molecule has 0 saturated heterocycles. The number of nitrogens with one attached hydrogen (secondary N) is 1. The van der Waals surface area contributed by atoms with Crippen molar-refractivity contribution < 1.29 is 14.5 Å². The van der Waals surface area contributed by atoms with Gasteiger partial charge in [-0.15, -0.1) is 0 Å². The molecule has 1 N–H and O–H groups in total. The van der Waals surface area contributed by atoms with E-state index in [9.17, 15) is 14.9 Å². The predicted octanol–water partition coefficient (Wildman–Crippen LogP) is 3.61. The molecule has 0 unspecified atom stereocenters. The summed E-state index contributed by atoms with van der Waals surface area (Å²) in [6.45, 7) is 0.468. The highest BCUT2D eigenvalue weighted by Crippen LogP contribution is 2.25. The van der Waals surface area contributed by atoms with E-state index in [1.807, 2.05) is 24.3 Å². The molecule has 132 valence electrons. The van der Waals surface area contributed by atoms with Crippen molar-refractivity contribution in [3.63, 3.8) is 0 Å². The molecule has 0 aliphatic rings. The van der Waals surface area contributed by atoms with Gasteiger partial charge in [-0.2, -0.15) is 0 Å². The fourth-order valence-electron chi connectivity index (χ4n) is 2.41. The molecular formula is C18H14ClN3O4. The maximum atomic E-state index is 12.1. The second kappa shape index (κ2) is 7.79. The van der Waals surface area contributed by atoms with Gasteiger partial charge in [0.2, 0.25) is 0 Å². The van der Waals surface area contributed by atoms with Crippen LogP contribution in [0.1, 0.15) is 10.4 Å². The molecule has 1 heterocycles. The molecule has 8 heteroatoms. The normalized spacial score (nSPS) is 10.5. The first kappa shape index (κ1) is 17.6. The van der Waals surface area contributed by atoms with Crippen molar-refractivity contribution in [2.24, 2.45) is 0 Å². The van der Waals surface area contributed by atoms with Gasteiger partial charge in [0.15, 0.2) is 0 Å². The highest BCUT2D eigenvalue weighted by molar-refractivity contribution is 6.32. The average molecular weight is 372 g/mol. The number of carbonyl (C=O) groups is 1. The molecule has 3 rings (SSSR count). The standard InChI is InChI=1S/C18H14ClN3O4/c19-14-7-6-13(11-15(14)22(24)25)18(23)21-9-10-26-16-5-1-3-12-4-2-8-20-17(12)16/h1-8,11H,9-10H2,(H,21,23). The van der Waals surface area contributed by atoms with E-state index in [0.717, 1.165) is 17.0 Å². The number of pyridine rings is 1. The van der Waals surface area contributed by atoms with Crippen LogP contribution in [0.2, 0.25) is 5.02 Å². The summed E-state index contributed by atoms with van der Waals surface area (Å²) in [6, 6.07) is 13.3. The fourth-order valence-corrected chi connectivity index (χ4v) is 2.60. The third-order valence-corrected chi connectivity index (χ3v) is 3.97. The van der Waals surface area contributed by atoms with E-state index in [1.165, 1.54) is 12.1 Å². The van der Waals surface area contributed by atoms with Gasteiger partial charge in [-0.3, -0.25) is 19.9 Å². The molecule has 0 atom stereocenters. The Morgan fingerprint density at radius 3 is 2.85 bits per heavy atom. The molecule has 0 saturated carbocycles. The average Bonchev–Trinajstić information content (AvgIpc) is 2.65. The number of aromatic nitrogens is 1. The highest BCUT2D eigenvalue weighted by Gasteiger charge is 2.16. The Balaban J connectivity index is 1.59. The summed E-state index contributed by atoms with van der Waals surface area (Å²) in [7, 11) is 0. The Hall–Kier alpha value is -3.19. The molecule has 0 fully saturated rings. The van der Waals surface area contributed by atoms with Gasteiger partial charge in [-0.05, 0) is 24.3 Å². The molecule has 0 radical (unpaired) electrons. The van der Waals surface area contributed by atoms with E-state index in [-0.39, 0.29) is 29.4 Å². The lowest BCUT2D eigenvalue weighted by atomic mass is 10.2. The molecule has 7 nitrogen and oxygen atoms in total. The van der Waals surface area contributed by atoms with Crippen LogP contribution < -0.4 is 10.1 Å². The lowest BCUT2D eigenvalue weighted by molar-refractivity contribution is -0.384. The first-order valence-electron chi connectivity index (χ1n) is 7.75.